The summed E-state index contributed by atoms with van der Waals surface area (Å²) in [5.74, 6) is -8.55. The SMILES string of the molecule is CCCCCCCCCCCCCC=C[C@@H](O)[C@H](CO[C@@H]1O[C@H](CO)[C@@H](O[C@@H]2O[C@H](CO)[C@H](O[C@@H]3O[C@H](CO)[C@H](O)[C@H](O)[C@H]3CC(C)=O)[C@H](O[C@]3(C(=O)O)C[C@H](O)[C@@H](NC(C)=O)C([C@H](O)[C@H](O)CO)O3)[C@H]2O)[C@H](O)[C@H]1O)NC(=O)CCCCCCCCCCCCCCCCCCCCCCC. The van der Waals surface area contributed by atoms with Gasteiger partial charge in [0, 0.05) is 32.1 Å². The first-order valence-electron chi connectivity index (χ1n) is 38.8. The van der Waals surface area contributed by atoms with Crippen molar-refractivity contribution in [2.45, 2.75) is 393 Å². The molecule has 0 aliphatic carbocycles. The van der Waals surface area contributed by atoms with Crippen molar-refractivity contribution < 1.29 is 129 Å². The van der Waals surface area contributed by atoms with E-state index in [9.17, 15) is 90.7 Å². The summed E-state index contributed by atoms with van der Waals surface area (Å²) in [7, 11) is 0. The minimum absolute atomic E-state index is 0.165. The zero-order valence-electron chi connectivity index (χ0n) is 61.5. The van der Waals surface area contributed by atoms with E-state index < -0.39 is 204 Å². The highest BCUT2D eigenvalue weighted by Gasteiger charge is 2.61. The second kappa shape index (κ2) is 51.3. The van der Waals surface area contributed by atoms with E-state index in [2.05, 4.69) is 24.5 Å². The first-order valence-corrected chi connectivity index (χ1v) is 38.8. The highest BCUT2D eigenvalue weighted by atomic mass is 16.8. The van der Waals surface area contributed by atoms with Crippen LogP contribution in [0, 0.1) is 5.92 Å². The molecule has 0 saturated carbocycles. The average Bonchev–Trinajstić information content (AvgIpc) is 0.748. The van der Waals surface area contributed by atoms with Crippen LogP contribution in [0.25, 0.3) is 0 Å². The summed E-state index contributed by atoms with van der Waals surface area (Å²) in [5, 5.41) is 161. The number of amides is 2. The maximum atomic E-state index is 13.6. The Balaban J connectivity index is 1.48. The lowest BCUT2D eigenvalue weighted by Crippen LogP contribution is -2.71. The number of carbonyl (C=O) groups excluding carboxylic acids is 3. The minimum atomic E-state index is -3.26. The number of carboxylic acid groups (broad SMARTS) is 1. The molecule has 0 bridgehead atoms. The monoisotopic (exact) mass is 1470 g/mol. The largest absolute Gasteiger partial charge is 0.477 e. The average molecular weight is 1470 g/mol. The van der Waals surface area contributed by atoms with Crippen LogP contribution in [-0.2, 0) is 57.1 Å². The van der Waals surface area contributed by atoms with Gasteiger partial charge in [0.15, 0.2) is 18.9 Å². The molecule has 4 aliphatic rings. The Morgan fingerprint density at radius 1 is 0.539 bits per heavy atom. The summed E-state index contributed by atoms with van der Waals surface area (Å²) in [6.45, 7) is 1.95. The van der Waals surface area contributed by atoms with Crippen LogP contribution in [0.3, 0.4) is 0 Å². The van der Waals surface area contributed by atoms with Crippen molar-refractivity contribution in [3.05, 3.63) is 12.2 Å². The summed E-state index contributed by atoms with van der Waals surface area (Å²) >= 11 is 0. The molecule has 0 aromatic carbocycles. The van der Waals surface area contributed by atoms with Gasteiger partial charge in [-0.1, -0.05) is 219 Å². The van der Waals surface area contributed by atoms with E-state index in [1.165, 1.54) is 148 Å². The number of aliphatic hydroxyl groups excluding tert-OH is 13. The van der Waals surface area contributed by atoms with Gasteiger partial charge >= 0.3 is 5.97 Å². The molecule has 4 fully saturated rings. The van der Waals surface area contributed by atoms with E-state index in [0.29, 0.717) is 12.8 Å². The summed E-state index contributed by atoms with van der Waals surface area (Å²) in [6.07, 6.45) is 3.80. The van der Waals surface area contributed by atoms with E-state index >= 15 is 0 Å². The second-order valence-corrected chi connectivity index (χ2v) is 28.9. The molecule has 596 valence electrons. The van der Waals surface area contributed by atoms with Crippen molar-refractivity contribution in [2.24, 2.45) is 5.92 Å². The number of hydrogen-bond acceptors (Lipinski definition) is 25. The van der Waals surface area contributed by atoms with Gasteiger partial charge < -0.3 is 125 Å². The van der Waals surface area contributed by atoms with Crippen LogP contribution >= 0.6 is 0 Å². The van der Waals surface area contributed by atoms with E-state index in [1.54, 1.807) is 6.08 Å². The number of ether oxygens (including phenoxy) is 8. The van der Waals surface area contributed by atoms with Gasteiger partial charge in [0.05, 0.1) is 63.4 Å². The highest BCUT2D eigenvalue weighted by molar-refractivity contribution is 5.77. The zero-order valence-corrected chi connectivity index (χ0v) is 61.5. The third-order valence-electron chi connectivity index (χ3n) is 20.3. The Labute approximate surface area is 604 Å². The lowest BCUT2D eigenvalue weighted by molar-refractivity contribution is -0.403. The van der Waals surface area contributed by atoms with Crippen LogP contribution in [0.1, 0.15) is 259 Å². The quantitative estimate of drug-likeness (QED) is 0.0293. The minimum Gasteiger partial charge on any atom is -0.477 e. The van der Waals surface area contributed by atoms with Crippen LogP contribution in [-0.4, -0.2) is 262 Å². The molecule has 102 heavy (non-hydrogen) atoms. The van der Waals surface area contributed by atoms with Gasteiger partial charge in [0.25, 0.3) is 5.79 Å². The molecule has 16 N–H and O–H groups in total. The van der Waals surface area contributed by atoms with Gasteiger partial charge in [-0.25, -0.2) is 4.79 Å². The fraction of sp³-hybridized carbons (Fsp3) is 0.919. The van der Waals surface area contributed by atoms with Gasteiger partial charge in [0.2, 0.25) is 11.8 Å². The summed E-state index contributed by atoms with van der Waals surface area (Å²) in [6, 6.07) is -2.79. The van der Waals surface area contributed by atoms with Crippen molar-refractivity contribution in [1.82, 2.24) is 10.6 Å². The Morgan fingerprint density at radius 2 is 1.00 bits per heavy atom. The number of carbonyl (C=O) groups is 4. The molecule has 1 unspecified atom stereocenters. The second-order valence-electron chi connectivity index (χ2n) is 28.9. The summed E-state index contributed by atoms with van der Waals surface area (Å²) in [4.78, 5) is 52.2. The van der Waals surface area contributed by atoms with E-state index in [1.807, 2.05) is 6.08 Å². The molecule has 0 aromatic rings. The molecule has 0 radical (unpaired) electrons. The normalized spacial score (nSPS) is 31.2. The van der Waals surface area contributed by atoms with E-state index in [0.717, 1.165) is 65.2 Å². The first kappa shape index (κ1) is 91.4. The number of aliphatic carboxylic acids is 1. The van der Waals surface area contributed by atoms with Crippen molar-refractivity contribution >= 4 is 23.6 Å². The number of ketones is 1. The number of Topliss-reactive ketones (excluding diaryl/α,β-unsaturated/α-hetero) is 1. The molecule has 28 nitrogen and oxygen atoms in total. The maximum Gasteiger partial charge on any atom is 0.364 e. The molecule has 23 atom stereocenters. The summed E-state index contributed by atoms with van der Waals surface area (Å²) in [5.41, 5.74) is 0. The Morgan fingerprint density at radius 3 is 1.47 bits per heavy atom. The van der Waals surface area contributed by atoms with Crippen molar-refractivity contribution in [1.29, 1.82) is 0 Å². The smallest absolute Gasteiger partial charge is 0.364 e. The number of aliphatic hydroxyl groups is 13. The maximum absolute atomic E-state index is 13.6. The fourth-order valence-corrected chi connectivity index (χ4v) is 14.1. The standard InChI is InChI=1S/C74H134N2O26/c1-5-7-9-11-13-15-17-19-20-21-22-23-24-25-26-28-30-32-34-36-38-40-58(86)76-51(52(83)39-37-35-33-31-29-27-18-16-14-12-10-8-6-2)47-95-71-64(91)63(90)66(56(45-79)97-71)99-72-65(92)69(67(57(46-80)98-72)100-70-50(41-48(3)81)60(87)62(89)55(44-78)96-70)102-74(73(93)94)42-53(84)59(75-49(4)82)68(101-74)61(88)54(85)43-77/h37,39,50-57,59-72,77-80,83-85,87-92H,5-36,38,40-47H2,1-4H3,(H,75,82)(H,76,86)(H,93,94)/t50-,51+,52-,53+,54-,55-,56-,57-,59-,60-,61-,62+,63-,64-,65-,66-,67+,68?,69-,70+,71-,72+,74+/m1/s1. The first-order chi connectivity index (χ1) is 49.0. The number of nitrogens with one attached hydrogen (secondary N) is 2. The molecular weight excluding hydrogens is 1330 g/mol. The third-order valence-corrected chi connectivity index (χ3v) is 20.3. The number of allylic oxidation sites excluding steroid dienone is 1. The van der Waals surface area contributed by atoms with Gasteiger partial charge in [-0.15, -0.1) is 0 Å². The topological polar surface area (TPSA) is 449 Å². The number of carboxylic acids is 1. The van der Waals surface area contributed by atoms with Crippen LogP contribution < -0.4 is 10.6 Å². The lowest BCUT2D eigenvalue weighted by Gasteiger charge is -2.52. The molecule has 4 aliphatic heterocycles. The summed E-state index contributed by atoms with van der Waals surface area (Å²) < 4.78 is 48.2. The molecule has 0 aromatic heterocycles. The lowest BCUT2D eigenvalue weighted by atomic mass is 9.87. The number of rotatable bonds is 56. The van der Waals surface area contributed by atoms with Gasteiger partial charge in [-0.05, 0) is 26.2 Å². The zero-order chi connectivity index (χ0) is 75.0. The van der Waals surface area contributed by atoms with Crippen molar-refractivity contribution in [2.75, 3.05) is 33.0 Å². The molecule has 0 spiro atoms. The molecular formula is C74H134N2O26. The molecule has 28 heteroatoms. The molecule has 4 rings (SSSR count). The number of hydrogen-bond donors (Lipinski definition) is 16. The van der Waals surface area contributed by atoms with E-state index in [4.69, 9.17) is 37.9 Å². The fourth-order valence-electron chi connectivity index (χ4n) is 14.1. The number of unbranched alkanes of at least 4 members (excludes halogenated alkanes) is 31. The predicted molar refractivity (Wildman–Crippen MR) is 375 cm³/mol. The van der Waals surface area contributed by atoms with Crippen molar-refractivity contribution in [3.63, 3.8) is 0 Å². The van der Waals surface area contributed by atoms with Gasteiger partial charge in [0.1, 0.15) is 85.1 Å². The molecule has 2 amide bonds. The Bertz CT molecular complexity index is 2280. The van der Waals surface area contributed by atoms with Crippen molar-refractivity contribution in [3.8, 4) is 0 Å². The Hall–Kier alpha value is -3.02. The third kappa shape index (κ3) is 31.3. The Kier molecular flexibility index (Phi) is 46.0. The molecule has 4 heterocycles. The van der Waals surface area contributed by atoms with Gasteiger partial charge in [-0.2, -0.15) is 0 Å². The van der Waals surface area contributed by atoms with Crippen LogP contribution in [0.5, 0.6) is 0 Å². The predicted octanol–water partition coefficient (Wildman–Crippen LogP) is 4.56. The van der Waals surface area contributed by atoms with Crippen LogP contribution in [0.2, 0.25) is 0 Å². The van der Waals surface area contributed by atoms with Crippen LogP contribution in [0.4, 0.5) is 0 Å². The van der Waals surface area contributed by atoms with Crippen LogP contribution in [0.15, 0.2) is 12.2 Å². The highest BCUT2D eigenvalue weighted by Crippen LogP contribution is 2.41. The van der Waals surface area contributed by atoms with Gasteiger partial charge in [-0.3, -0.25) is 9.59 Å². The van der Waals surface area contributed by atoms with E-state index in [-0.39, 0.29) is 12.3 Å². The molecule has 4 saturated heterocycles.